The van der Waals surface area contributed by atoms with Gasteiger partial charge in [0, 0.05) is 5.02 Å². The van der Waals surface area contributed by atoms with Crippen LogP contribution in [0.2, 0.25) is 5.02 Å². The van der Waals surface area contributed by atoms with Gasteiger partial charge in [-0.25, -0.2) is 4.79 Å². The smallest absolute Gasteiger partial charge is 0.339 e. The quantitative estimate of drug-likeness (QED) is 0.847. The minimum Gasteiger partial charge on any atom is -0.496 e. The Morgan fingerprint density at radius 3 is 2.33 bits per heavy atom. The van der Waals surface area contributed by atoms with Crippen molar-refractivity contribution in [1.29, 1.82) is 0 Å². The largest absolute Gasteiger partial charge is 0.496 e. The lowest BCUT2D eigenvalue weighted by atomic mass is 10.1. The van der Waals surface area contributed by atoms with Gasteiger partial charge in [0.25, 0.3) is 0 Å². The highest BCUT2D eigenvalue weighted by Gasteiger charge is 2.12. The van der Waals surface area contributed by atoms with Crippen molar-refractivity contribution in [3.8, 4) is 5.75 Å². The van der Waals surface area contributed by atoms with Gasteiger partial charge in [-0.05, 0) is 24.6 Å². The van der Waals surface area contributed by atoms with Crippen molar-refractivity contribution in [2.75, 3.05) is 7.11 Å². The standard InChI is InChI=1S/C9H9ClO3.C2H6/c1-5-3-6(9(11)12)8(13-2)4-7(5)10;1-2/h3-4H,1-2H3,(H,11,12);1-2H3. The maximum Gasteiger partial charge on any atom is 0.339 e. The highest BCUT2D eigenvalue weighted by atomic mass is 35.5. The SMILES string of the molecule is CC.COc1cc(Cl)c(C)cc1C(=O)O. The zero-order valence-electron chi connectivity index (χ0n) is 9.30. The molecule has 1 aromatic carbocycles. The van der Waals surface area contributed by atoms with Crippen molar-refractivity contribution in [3.05, 3.63) is 28.3 Å². The van der Waals surface area contributed by atoms with E-state index in [1.165, 1.54) is 19.2 Å². The molecule has 0 amide bonds. The van der Waals surface area contributed by atoms with Gasteiger partial charge in [-0.1, -0.05) is 25.4 Å². The number of halogens is 1. The van der Waals surface area contributed by atoms with Gasteiger partial charge in [0.15, 0.2) is 0 Å². The van der Waals surface area contributed by atoms with Crippen LogP contribution in [0.5, 0.6) is 5.75 Å². The van der Waals surface area contributed by atoms with Crippen LogP contribution in [0, 0.1) is 6.92 Å². The second-order valence-corrected chi connectivity index (χ2v) is 3.01. The topological polar surface area (TPSA) is 46.5 Å². The van der Waals surface area contributed by atoms with Crippen LogP contribution in [0.3, 0.4) is 0 Å². The van der Waals surface area contributed by atoms with Gasteiger partial charge < -0.3 is 9.84 Å². The summed E-state index contributed by atoms with van der Waals surface area (Å²) in [4.78, 5) is 10.7. The van der Waals surface area contributed by atoms with Crippen molar-refractivity contribution in [1.82, 2.24) is 0 Å². The Balaban J connectivity index is 0.000000921. The van der Waals surface area contributed by atoms with E-state index in [0.29, 0.717) is 5.02 Å². The minimum atomic E-state index is -1.02. The summed E-state index contributed by atoms with van der Waals surface area (Å²) in [6.07, 6.45) is 0. The van der Waals surface area contributed by atoms with E-state index >= 15 is 0 Å². The first kappa shape index (κ1) is 13.8. The predicted molar refractivity (Wildman–Crippen MR) is 61.0 cm³/mol. The lowest BCUT2D eigenvalue weighted by Gasteiger charge is -2.06. The molecule has 0 fully saturated rings. The number of benzene rings is 1. The molecule has 0 aliphatic rings. The fraction of sp³-hybridized carbons (Fsp3) is 0.364. The second-order valence-electron chi connectivity index (χ2n) is 2.61. The first-order valence-electron chi connectivity index (χ1n) is 4.63. The number of methoxy groups -OCH3 is 1. The van der Waals surface area contributed by atoms with Crippen molar-refractivity contribution in [2.24, 2.45) is 0 Å². The maximum absolute atomic E-state index is 10.7. The average Bonchev–Trinajstić information content (AvgIpc) is 2.24. The van der Waals surface area contributed by atoms with Crippen LogP contribution in [0.1, 0.15) is 29.8 Å². The summed E-state index contributed by atoms with van der Waals surface area (Å²) in [6, 6.07) is 2.99. The fourth-order valence-corrected chi connectivity index (χ4v) is 1.15. The molecule has 0 saturated carbocycles. The van der Waals surface area contributed by atoms with Crippen molar-refractivity contribution in [2.45, 2.75) is 20.8 Å². The van der Waals surface area contributed by atoms with Gasteiger partial charge >= 0.3 is 5.97 Å². The molecular formula is C11H15ClO3. The van der Waals surface area contributed by atoms with Crippen molar-refractivity contribution in [3.63, 3.8) is 0 Å². The van der Waals surface area contributed by atoms with E-state index in [4.69, 9.17) is 21.4 Å². The molecule has 3 nitrogen and oxygen atoms in total. The highest BCUT2D eigenvalue weighted by molar-refractivity contribution is 6.31. The van der Waals surface area contributed by atoms with E-state index in [0.717, 1.165) is 5.56 Å². The molecular weight excluding hydrogens is 216 g/mol. The van der Waals surface area contributed by atoms with Crippen LogP contribution in [0.4, 0.5) is 0 Å². The normalized spacial score (nSPS) is 8.87. The molecule has 0 spiro atoms. The summed E-state index contributed by atoms with van der Waals surface area (Å²) >= 11 is 5.80. The van der Waals surface area contributed by atoms with Gasteiger partial charge in [0.1, 0.15) is 11.3 Å². The molecule has 0 radical (unpaired) electrons. The van der Waals surface area contributed by atoms with Gasteiger partial charge in [-0.2, -0.15) is 0 Å². The molecule has 0 aromatic heterocycles. The van der Waals surface area contributed by atoms with E-state index in [2.05, 4.69) is 0 Å². The lowest BCUT2D eigenvalue weighted by molar-refractivity contribution is 0.0693. The third-order valence-corrected chi connectivity index (χ3v) is 2.12. The first-order chi connectivity index (χ1) is 7.06. The van der Waals surface area contributed by atoms with E-state index in [1.54, 1.807) is 6.92 Å². The number of rotatable bonds is 2. The Kier molecular flexibility index (Phi) is 5.79. The van der Waals surface area contributed by atoms with Crippen LogP contribution in [0.25, 0.3) is 0 Å². The number of aromatic carboxylic acids is 1. The number of carboxylic acid groups (broad SMARTS) is 1. The summed E-state index contributed by atoms with van der Waals surface area (Å²) in [5.74, 6) is -0.736. The molecule has 0 heterocycles. The number of hydrogen-bond acceptors (Lipinski definition) is 2. The third kappa shape index (κ3) is 3.44. The van der Waals surface area contributed by atoms with Crippen LogP contribution >= 0.6 is 11.6 Å². The summed E-state index contributed by atoms with van der Waals surface area (Å²) in [5, 5.41) is 9.29. The van der Waals surface area contributed by atoms with Gasteiger partial charge in [0.2, 0.25) is 0 Å². The first-order valence-corrected chi connectivity index (χ1v) is 5.01. The van der Waals surface area contributed by atoms with E-state index in [-0.39, 0.29) is 11.3 Å². The lowest BCUT2D eigenvalue weighted by Crippen LogP contribution is -2.01. The summed E-state index contributed by atoms with van der Waals surface area (Å²) < 4.78 is 4.88. The average molecular weight is 231 g/mol. The number of ether oxygens (including phenoxy) is 1. The van der Waals surface area contributed by atoms with Crippen LogP contribution in [-0.2, 0) is 0 Å². The molecule has 0 aliphatic heterocycles. The zero-order chi connectivity index (χ0) is 12.0. The molecule has 0 atom stereocenters. The number of aryl methyl sites for hydroxylation is 1. The fourth-order valence-electron chi connectivity index (χ4n) is 0.999. The number of carbonyl (C=O) groups is 1. The van der Waals surface area contributed by atoms with Crippen LogP contribution < -0.4 is 4.74 Å². The Bertz CT molecular complexity index is 348. The Morgan fingerprint density at radius 1 is 1.40 bits per heavy atom. The van der Waals surface area contributed by atoms with E-state index in [1.807, 2.05) is 13.8 Å². The van der Waals surface area contributed by atoms with Gasteiger partial charge in [-0.15, -0.1) is 0 Å². The minimum absolute atomic E-state index is 0.129. The maximum atomic E-state index is 10.7. The molecule has 0 unspecified atom stereocenters. The molecule has 1 rings (SSSR count). The zero-order valence-corrected chi connectivity index (χ0v) is 10.1. The molecule has 0 bridgehead atoms. The number of carboxylic acids is 1. The third-order valence-electron chi connectivity index (χ3n) is 1.71. The Hall–Kier alpha value is -1.22. The molecule has 0 aliphatic carbocycles. The molecule has 84 valence electrons. The van der Waals surface area contributed by atoms with Crippen molar-refractivity contribution >= 4 is 17.6 Å². The monoisotopic (exact) mass is 230 g/mol. The Morgan fingerprint density at radius 2 is 1.93 bits per heavy atom. The molecule has 4 heteroatoms. The molecule has 1 N–H and O–H groups in total. The molecule has 1 aromatic rings. The summed E-state index contributed by atoms with van der Waals surface area (Å²) in [5.41, 5.74) is 0.851. The predicted octanol–water partition coefficient (Wildman–Crippen LogP) is 3.38. The van der Waals surface area contributed by atoms with Gasteiger partial charge in [0.05, 0.1) is 7.11 Å². The Labute approximate surface area is 94.6 Å². The van der Waals surface area contributed by atoms with Crippen LogP contribution in [0.15, 0.2) is 12.1 Å². The summed E-state index contributed by atoms with van der Waals surface area (Å²) in [7, 11) is 1.41. The van der Waals surface area contributed by atoms with Crippen LogP contribution in [-0.4, -0.2) is 18.2 Å². The van der Waals surface area contributed by atoms with Gasteiger partial charge in [-0.3, -0.25) is 0 Å². The second kappa shape index (κ2) is 6.30. The highest BCUT2D eigenvalue weighted by Crippen LogP contribution is 2.26. The van der Waals surface area contributed by atoms with E-state index in [9.17, 15) is 4.79 Å². The number of hydrogen-bond donors (Lipinski definition) is 1. The molecule has 15 heavy (non-hydrogen) atoms. The van der Waals surface area contributed by atoms with Crippen molar-refractivity contribution < 1.29 is 14.6 Å². The summed E-state index contributed by atoms with van der Waals surface area (Å²) in [6.45, 7) is 5.74. The molecule has 0 saturated heterocycles. The van der Waals surface area contributed by atoms with E-state index < -0.39 is 5.97 Å².